The average Bonchev–Trinajstić information content (AvgIpc) is 2.88. The lowest BCUT2D eigenvalue weighted by Crippen LogP contribution is -2.36. The first kappa shape index (κ1) is 9.23. The van der Waals surface area contributed by atoms with E-state index in [1.165, 1.54) is 0 Å². The quantitative estimate of drug-likeness (QED) is 0.701. The molecule has 1 aliphatic rings. The maximum absolute atomic E-state index is 11.7. The van der Waals surface area contributed by atoms with Crippen LogP contribution in [-0.2, 0) is 6.54 Å². The molecule has 0 aliphatic carbocycles. The fourth-order valence-electron chi connectivity index (χ4n) is 1.44. The number of hydrogen-bond donors (Lipinski definition) is 2. The van der Waals surface area contributed by atoms with Crippen LogP contribution in [0.5, 0.6) is 0 Å². The highest BCUT2D eigenvalue weighted by atomic mass is 16.4. The van der Waals surface area contributed by atoms with Crippen molar-refractivity contribution in [2.45, 2.75) is 13.0 Å². The maximum Gasteiger partial charge on any atom is 0.303 e. The van der Waals surface area contributed by atoms with Gasteiger partial charge in [0.1, 0.15) is 5.76 Å². The topological polar surface area (TPSA) is 71.5 Å². The molecular weight excluding hydrogens is 182 g/mol. The van der Waals surface area contributed by atoms with Crippen LogP contribution >= 0.6 is 0 Å². The number of carbonyl (C=O) groups excluding carboxylic acids is 1. The van der Waals surface area contributed by atoms with Gasteiger partial charge in [-0.15, -0.1) is 0 Å². The Labute approximate surface area is 81.8 Å². The Morgan fingerprint density at radius 1 is 1.64 bits per heavy atom. The third-order valence-corrected chi connectivity index (χ3v) is 2.18. The summed E-state index contributed by atoms with van der Waals surface area (Å²) in [5.74, 6) is 0.856. The van der Waals surface area contributed by atoms with Crippen molar-refractivity contribution in [3.63, 3.8) is 0 Å². The Hall–Kier alpha value is -1.33. The van der Waals surface area contributed by atoms with E-state index in [9.17, 15) is 4.79 Å². The number of rotatable bonds is 2. The van der Waals surface area contributed by atoms with E-state index in [4.69, 9.17) is 10.2 Å². The van der Waals surface area contributed by atoms with Gasteiger partial charge in [-0.2, -0.15) is 0 Å². The van der Waals surface area contributed by atoms with Gasteiger partial charge in [-0.05, 0) is 18.6 Å². The molecule has 1 amide bonds. The van der Waals surface area contributed by atoms with Crippen LogP contribution in [-0.4, -0.2) is 24.0 Å². The van der Waals surface area contributed by atoms with Crippen LogP contribution in [0.1, 0.15) is 22.7 Å². The van der Waals surface area contributed by atoms with Gasteiger partial charge in [-0.3, -0.25) is 9.80 Å². The Morgan fingerprint density at radius 2 is 2.50 bits per heavy atom. The maximum atomic E-state index is 11.7. The van der Waals surface area contributed by atoms with Gasteiger partial charge in [0.2, 0.25) is 0 Å². The highest BCUT2D eigenvalue weighted by Crippen LogP contribution is 2.11. The third kappa shape index (κ3) is 1.64. The van der Waals surface area contributed by atoms with Gasteiger partial charge in [0, 0.05) is 13.1 Å². The van der Waals surface area contributed by atoms with Crippen LogP contribution in [0.25, 0.3) is 0 Å². The van der Waals surface area contributed by atoms with Crippen LogP contribution in [0.2, 0.25) is 0 Å². The summed E-state index contributed by atoms with van der Waals surface area (Å²) in [4.78, 5) is 11.7. The Balaban J connectivity index is 2.09. The fraction of sp³-hybridized carbons (Fsp3) is 0.444. The smallest absolute Gasteiger partial charge is 0.303 e. The molecule has 0 saturated carbocycles. The predicted octanol–water partition coefficient (Wildman–Crippen LogP) is 0.0888. The van der Waals surface area contributed by atoms with Crippen molar-refractivity contribution in [1.82, 2.24) is 10.4 Å². The van der Waals surface area contributed by atoms with E-state index in [0.717, 1.165) is 19.5 Å². The zero-order chi connectivity index (χ0) is 9.97. The minimum atomic E-state index is -0.123. The highest BCUT2D eigenvalue weighted by Gasteiger charge is 2.21. The van der Waals surface area contributed by atoms with E-state index in [1.807, 2.05) is 0 Å². The number of nitrogens with two attached hydrogens (primary N) is 1. The van der Waals surface area contributed by atoms with Crippen LogP contribution in [0, 0.1) is 0 Å². The molecule has 2 rings (SSSR count). The number of nitrogens with one attached hydrogen (secondary N) is 1. The molecule has 0 bridgehead atoms. The summed E-state index contributed by atoms with van der Waals surface area (Å²) < 4.78 is 5.25. The molecular formula is C9H13N3O2. The molecule has 76 valence electrons. The summed E-state index contributed by atoms with van der Waals surface area (Å²) in [7, 11) is 0. The van der Waals surface area contributed by atoms with Crippen molar-refractivity contribution in [3.8, 4) is 0 Å². The van der Waals surface area contributed by atoms with Gasteiger partial charge >= 0.3 is 5.91 Å². The number of carbonyl (C=O) groups is 1. The molecule has 5 heteroatoms. The number of hydrazine groups is 1. The molecule has 0 radical (unpaired) electrons. The Morgan fingerprint density at radius 3 is 3.07 bits per heavy atom. The van der Waals surface area contributed by atoms with Crippen molar-refractivity contribution >= 4 is 5.91 Å². The molecule has 3 N–H and O–H groups in total. The predicted molar refractivity (Wildman–Crippen MR) is 50.3 cm³/mol. The second kappa shape index (κ2) is 3.81. The van der Waals surface area contributed by atoms with Gasteiger partial charge in [0.15, 0.2) is 5.76 Å². The van der Waals surface area contributed by atoms with Crippen LogP contribution in [0.3, 0.4) is 0 Å². The summed E-state index contributed by atoms with van der Waals surface area (Å²) in [5.41, 5.74) is 8.36. The van der Waals surface area contributed by atoms with Crippen molar-refractivity contribution in [1.29, 1.82) is 0 Å². The summed E-state index contributed by atoms with van der Waals surface area (Å²) in [6, 6.07) is 3.38. The number of nitrogens with zero attached hydrogens (tertiary/aromatic N) is 1. The minimum absolute atomic E-state index is 0.123. The zero-order valence-electron chi connectivity index (χ0n) is 7.82. The normalized spacial score (nSPS) is 16.2. The van der Waals surface area contributed by atoms with Crippen molar-refractivity contribution < 1.29 is 9.21 Å². The van der Waals surface area contributed by atoms with Gasteiger partial charge in [0.05, 0.1) is 6.54 Å². The summed E-state index contributed by atoms with van der Waals surface area (Å²) in [6.45, 7) is 1.90. The van der Waals surface area contributed by atoms with Crippen LogP contribution < -0.4 is 11.2 Å². The second-order valence-electron chi connectivity index (χ2n) is 3.19. The SMILES string of the molecule is NCc1ccc(C(=O)N2CCCN2)o1. The minimum Gasteiger partial charge on any atom is -0.455 e. The zero-order valence-corrected chi connectivity index (χ0v) is 7.82. The van der Waals surface area contributed by atoms with E-state index in [0.29, 0.717) is 18.1 Å². The molecule has 1 aliphatic heterocycles. The first-order chi connectivity index (χ1) is 6.81. The Kier molecular flexibility index (Phi) is 2.51. The Bertz CT molecular complexity index is 329. The van der Waals surface area contributed by atoms with Gasteiger partial charge in [-0.1, -0.05) is 0 Å². The lowest BCUT2D eigenvalue weighted by atomic mass is 10.4. The molecule has 1 aromatic rings. The van der Waals surface area contributed by atoms with E-state index >= 15 is 0 Å². The van der Waals surface area contributed by atoms with Gasteiger partial charge in [-0.25, -0.2) is 5.43 Å². The average molecular weight is 195 g/mol. The van der Waals surface area contributed by atoms with E-state index < -0.39 is 0 Å². The largest absolute Gasteiger partial charge is 0.455 e. The van der Waals surface area contributed by atoms with Crippen molar-refractivity contribution in [3.05, 3.63) is 23.7 Å². The summed E-state index contributed by atoms with van der Waals surface area (Å²) >= 11 is 0. The second-order valence-corrected chi connectivity index (χ2v) is 3.19. The van der Waals surface area contributed by atoms with Crippen LogP contribution in [0.4, 0.5) is 0 Å². The van der Waals surface area contributed by atoms with Crippen LogP contribution in [0.15, 0.2) is 16.5 Å². The van der Waals surface area contributed by atoms with Crippen molar-refractivity contribution in [2.24, 2.45) is 5.73 Å². The third-order valence-electron chi connectivity index (χ3n) is 2.18. The molecule has 2 heterocycles. The molecule has 1 saturated heterocycles. The molecule has 0 spiro atoms. The monoisotopic (exact) mass is 195 g/mol. The molecule has 1 fully saturated rings. The fourth-order valence-corrected chi connectivity index (χ4v) is 1.44. The molecule has 5 nitrogen and oxygen atoms in total. The number of furan rings is 1. The van der Waals surface area contributed by atoms with Crippen molar-refractivity contribution in [2.75, 3.05) is 13.1 Å². The molecule has 0 aromatic carbocycles. The number of hydrogen-bond acceptors (Lipinski definition) is 4. The van der Waals surface area contributed by atoms with E-state index in [1.54, 1.807) is 17.1 Å². The number of amides is 1. The molecule has 0 atom stereocenters. The molecule has 0 unspecified atom stereocenters. The standard InChI is InChI=1S/C9H13N3O2/c10-6-7-2-3-8(14-7)9(13)12-5-1-4-11-12/h2-3,11H,1,4-6,10H2. The lowest BCUT2D eigenvalue weighted by molar-refractivity contribution is 0.0692. The van der Waals surface area contributed by atoms with Gasteiger partial charge in [0.25, 0.3) is 0 Å². The van der Waals surface area contributed by atoms with E-state index in [2.05, 4.69) is 5.43 Å². The molecule has 1 aromatic heterocycles. The summed E-state index contributed by atoms with van der Waals surface area (Å²) in [6.07, 6.45) is 0.982. The highest BCUT2D eigenvalue weighted by molar-refractivity contribution is 5.91. The summed E-state index contributed by atoms with van der Waals surface area (Å²) in [5, 5.41) is 1.57. The van der Waals surface area contributed by atoms with E-state index in [-0.39, 0.29) is 5.91 Å². The molecule has 14 heavy (non-hydrogen) atoms. The first-order valence-electron chi connectivity index (χ1n) is 4.65. The first-order valence-corrected chi connectivity index (χ1v) is 4.65. The lowest BCUT2D eigenvalue weighted by Gasteiger charge is -2.12. The van der Waals surface area contributed by atoms with Gasteiger partial charge < -0.3 is 10.2 Å².